The highest BCUT2D eigenvalue weighted by Crippen LogP contribution is 2.45. The van der Waals surface area contributed by atoms with Gasteiger partial charge >= 0.3 is 0 Å². The molecule has 0 heterocycles. The lowest BCUT2D eigenvalue weighted by Gasteiger charge is -2.44. The zero-order chi connectivity index (χ0) is 27.3. The molecule has 0 saturated heterocycles. The fourth-order valence-electron chi connectivity index (χ4n) is 4.07. The molecule has 2 N–H and O–H groups in total. The molecule has 6 heteroatoms. The van der Waals surface area contributed by atoms with Crippen molar-refractivity contribution < 1.29 is 9.05 Å². The molecular weight excluding hydrogens is 465 g/mol. The maximum Gasteiger partial charge on any atom is 0.223 e. The SMILES string of the molecule is CC(C)(C)C[Si](C)(ONC(C#Cc1ccccc1)NO[Si](C)(CC(C)(C)C)C(C)(C)C)C(C)(C)C. The Morgan fingerprint density at radius 3 is 1.37 bits per heavy atom. The molecule has 0 fully saturated rings. The van der Waals surface area contributed by atoms with Gasteiger partial charge in [-0.1, -0.05) is 113 Å². The van der Waals surface area contributed by atoms with Gasteiger partial charge in [-0.05, 0) is 58.2 Å². The molecule has 0 saturated carbocycles. The molecule has 4 nitrogen and oxygen atoms in total. The van der Waals surface area contributed by atoms with Gasteiger partial charge in [0, 0.05) is 5.56 Å². The Labute approximate surface area is 219 Å². The first kappa shape index (κ1) is 32.1. The van der Waals surface area contributed by atoms with E-state index in [-0.39, 0.29) is 20.9 Å². The van der Waals surface area contributed by atoms with Crippen molar-refractivity contribution in [2.45, 2.75) is 125 Å². The van der Waals surface area contributed by atoms with Crippen molar-refractivity contribution in [2.24, 2.45) is 10.8 Å². The highest BCUT2D eigenvalue weighted by Gasteiger charge is 2.47. The Balaban J connectivity index is 3.24. The Bertz CT molecular complexity index is 808. The van der Waals surface area contributed by atoms with E-state index in [0.29, 0.717) is 0 Å². The monoisotopic (exact) mass is 518 g/mol. The Kier molecular flexibility index (Phi) is 10.7. The van der Waals surface area contributed by atoms with Crippen LogP contribution in [0.1, 0.15) is 88.6 Å². The number of hydrogen-bond acceptors (Lipinski definition) is 4. The summed E-state index contributed by atoms with van der Waals surface area (Å²) in [4.78, 5) is 0. The summed E-state index contributed by atoms with van der Waals surface area (Å²) in [5.74, 6) is 6.62. The fourth-order valence-corrected chi connectivity index (χ4v) is 10.7. The van der Waals surface area contributed by atoms with Gasteiger partial charge < -0.3 is 9.05 Å². The molecule has 1 rings (SSSR count). The average molecular weight is 519 g/mol. The summed E-state index contributed by atoms with van der Waals surface area (Å²) in [7, 11) is -4.34. The molecule has 0 aliphatic carbocycles. The van der Waals surface area contributed by atoms with Crippen LogP contribution in [0.15, 0.2) is 30.3 Å². The summed E-state index contributed by atoms with van der Waals surface area (Å²) < 4.78 is 13.3. The van der Waals surface area contributed by atoms with E-state index in [0.717, 1.165) is 17.7 Å². The topological polar surface area (TPSA) is 42.5 Å². The van der Waals surface area contributed by atoms with Gasteiger partial charge in [0.25, 0.3) is 0 Å². The van der Waals surface area contributed by atoms with Gasteiger partial charge in [0.1, 0.15) is 0 Å². The van der Waals surface area contributed by atoms with Crippen molar-refractivity contribution in [3.8, 4) is 11.8 Å². The first-order valence-corrected chi connectivity index (χ1v) is 18.2. The first-order chi connectivity index (χ1) is 15.6. The normalized spacial score (nSPS) is 17.7. The van der Waals surface area contributed by atoms with E-state index in [1.165, 1.54) is 0 Å². The van der Waals surface area contributed by atoms with Gasteiger partial charge in [-0.3, -0.25) is 0 Å². The molecule has 2 atom stereocenters. The van der Waals surface area contributed by atoms with Crippen LogP contribution < -0.4 is 11.0 Å². The zero-order valence-corrected chi connectivity index (χ0v) is 27.2. The van der Waals surface area contributed by atoms with Crippen molar-refractivity contribution in [3.05, 3.63) is 35.9 Å². The lowest BCUT2D eigenvalue weighted by Crippen LogP contribution is -2.57. The van der Waals surface area contributed by atoms with Crippen LogP contribution in [0.2, 0.25) is 35.3 Å². The van der Waals surface area contributed by atoms with Crippen molar-refractivity contribution in [1.29, 1.82) is 0 Å². The number of hydrogen-bond donors (Lipinski definition) is 2. The molecule has 200 valence electrons. The standard InChI is InChI=1S/C29H54N2O2Si2/c1-26(2,3)22-34(13,28(7,8)9)32-30-25(21-20-24-18-16-15-17-19-24)31-33-35(14,29(10,11)12)23-27(4,5)6/h15-19,25,30-31H,22-23H2,1-14H3. The molecule has 1 aromatic rings. The molecular formula is C29H54N2O2Si2. The number of hydroxylamine groups is 2. The molecule has 1 aromatic carbocycles. The quantitative estimate of drug-likeness (QED) is 0.157. The van der Waals surface area contributed by atoms with Crippen LogP contribution >= 0.6 is 0 Å². The van der Waals surface area contributed by atoms with Gasteiger partial charge in [-0.2, -0.15) is 11.0 Å². The lowest BCUT2D eigenvalue weighted by atomic mass is 10.0. The third kappa shape index (κ3) is 10.9. The molecule has 35 heavy (non-hydrogen) atoms. The molecule has 0 aromatic heterocycles. The molecule has 0 aliphatic heterocycles. The van der Waals surface area contributed by atoms with E-state index >= 15 is 0 Å². The van der Waals surface area contributed by atoms with E-state index in [1.54, 1.807) is 0 Å². The largest absolute Gasteiger partial charge is 0.342 e. The minimum Gasteiger partial charge on any atom is -0.342 e. The van der Waals surface area contributed by atoms with E-state index in [4.69, 9.17) is 9.05 Å². The van der Waals surface area contributed by atoms with E-state index in [2.05, 4.69) is 119 Å². The summed E-state index contributed by atoms with van der Waals surface area (Å²) in [6, 6.07) is 12.1. The highest BCUT2D eigenvalue weighted by atomic mass is 28.4. The second-order valence-corrected chi connectivity index (χ2v) is 24.0. The predicted octanol–water partition coefficient (Wildman–Crippen LogP) is 8.25. The van der Waals surface area contributed by atoms with Crippen LogP contribution in [0.5, 0.6) is 0 Å². The predicted molar refractivity (Wildman–Crippen MR) is 157 cm³/mol. The van der Waals surface area contributed by atoms with E-state index in [9.17, 15) is 0 Å². The van der Waals surface area contributed by atoms with Gasteiger partial charge in [-0.15, -0.1) is 0 Å². The maximum absolute atomic E-state index is 6.63. The lowest BCUT2D eigenvalue weighted by molar-refractivity contribution is 0.0591. The maximum atomic E-state index is 6.63. The summed E-state index contributed by atoms with van der Waals surface area (Å²) in [6.45, 7) is 32.1. The van der Waals surface area contributed by atoms with Gasteiger partial charge in [0.2, 0.25) is 16.6 Å². The first-order valence-electron chi connectivity index (χ1n) is 13.0. The van der Waals surface area contributed by atoms with Crippen molar-refractivity contribution in [2.75, 3.05) is 0 Å². The van der Waals surface area contributed by atoms with Crippen LogP contribution in [0, 0.1) is 22.7 Å². The Morgan fingerprint density at radius 1 is 0.686 bits per heavy atom. The van der Waals surface area contributed by atoms with Crippen LogP contribution in [-0.2, 0) is 9.05 Å². The molecule has 0 bridgehead atoms. The third-order valence-electron chi connectivity index (χ3n) is 6.85. The smallest absolute Gasteiger partial charge is 0.223 e. The van der Waals surface area contributed by atoms with Gasteiger partial charge in [0.15, 0.2) is 6.17 Å². The van der Waals surface area contributed by atoms with Crippen molar-refractivity contribution in [3.63, 3.8) is 0 Å². The van der Waals surface area contributed by atoms with Crippen LogP contribution in [0.25, 0.3) is 0 Å². The third-order valence-corrected chi connectivity index (χ3v) is 17.8. The van der Waals surface area contributed by atoms with E-state index < -0.39 is 22.8 Å². The highest BCUT2D eigenvalue weighted by molar-refractivity contribution is 6.75. The molecule has 2 unspecified atom stereocenters. The van der Waals surface area contributed by atoms with Crippen LogP contribution in [-0.4, -0.2) is 22.8 Å². The zero-order valence-electron chi connectivity index (χ0n) is 25.2. The van der Waals surface area contributed by atoms with E-state index in [1.807, 2.05) is 30.3 Å². The molecule has 0 aliphatic rings. The summed E-state index contributed by atoms with van der Waals surface area (Å²) in [5.41, 5.74) is 7.96. The minimum atomic E-state index is -2.17. The minimum absolute atomic E-state index is 0.0620. The van der Waals surface area contributed by atoms with Crippen molar-refractivity contribution >= 4 is 16.6 Å². The van der Waals surface area contributed by atoms with Crippen molar-refractivity contribution in [1.82, 2.24) is 11.0 Å². The summed E-state index contributed by atoms with van der Waals surface area (Å²) in [5, 5.41) is 0.124. The fraction of sp³-hybridized carbons (Fsp3) is 0.724. The number of benzene rings is 1. The van der Waals surface area contributed by atoms with Crippen LogP contribution in [0.4, 0.5) is 0 Å². The number of nitrogens with one attached hydrogen (secondary N) is 2. The second kappa shape index (κ2) is 11.6. The summed E-state index contributed by atoms with van der Waals surface area (Å²) in [6.07, 6.45) is -0.446. The number of rotatable bonds is 8. The Hall–Kier alpha value is -0.946. The average Bonchev–Trinajstić information content (AvgIpc) is 2.63. The molecule has 0 spiro atoms. The summed E-state index contributed by atoms with van der Waals surface area (Å²) >= 11 is 0. The second-order valence-electron chi connectivity index (χ2n) is 14.9. The molecule has 0 amide bonds. The molecule has 0 radical (unpaired) electrons. The van der Waals surface area contributed by atoms with Gasteiger partial charge in [0.05, 0.1) is 0 Å². The Morgan fingerprint density at radius 2 is 1.06 bits per heavy atom. The van der Waals surface area contributed by atoms with Crippen LogP contribution in [0.3, 0.4) is 0 Å². The van der Waals surface area contributed by atoms with Gasteiger partial charge in [-0.25, -0.2) is 0 Å².